The second kappa shape index (κ2) is 3.69. The summed E-state index contributed by atoms with van der Waals surface area (Å²) in [5, 5.41) is 2.99. The van der Waals surface area contributed by atoms with E-state index in [-0.39, 0.29) is 11.7 Å². The molecule has 0 aromatic carbocycles. The molecule has 1 unspecified atom stereocenters. The topological polar surface area (TPSA) is 38.3 Å². The predicted octanol–water partition coefficient (Wildman–Crippen LogP) is 2.70. The van der Waals surface area contributed by atoms with E-state index in [9.17, 15) is 4.79 Å². The Morgan fingerprint density at radius 3 is 2.20 bits per heavy atom. The van der Waals surface area contributed by atoms with Gasteiger partial charge in [-0.25, -0.2) is 4.79 Å². The van der Waals surface area contributed by atoms with E-state index in [1.807, 2.05) is 20.8 Å². The minimum atomic E-state index is -0.385. The fourth-order valence-electron chi connectivity index (χ4n) is 2.65. The smallest absolute Gasteiger partial charge is 0.407 e. The minimum absolute atomic E-state index is 0.248. The van der Waals surface area contributed by atoms with Crippen molar-refractivity contribution in [3.05, 3.63) is 0 Å². The van der Waals surface area contributed by atoms with Crippen molar-refractivity contribution in [1.82, 2.24) is 5.32 Å². The number of fused-ring (bicyclic) bond motifs is 1. The Morgan fingerprint density at radius 2 is 1.73 bits per heavy atom. The lowest BCUT2D eigenvalue weighted by molar-refractivity contribution is 0.0519. The highest BCUT2D eigenvalue weighted by Gasteiger charge is 2.51. The van der Waals surface area contributed by atoms with Crippen LogP contribution in [0.25, 0.3) is 0 Å². The number of ether oxygens (including phenoxy) is 1. The zero-order valence-electron chi connectivity index (χ0n) is 9.88. The maximum Gasteiger partial charge on any atom is 0.407 e. The number of rotatable bonds is 1. The Bertz CT molecular complexity index is 245. The largest absolute Gasteiger partial charge is 0.444 e. The van der Waals surface area contributed by atoms with Crippen molar-refractivity contribution in [1.29, 1.82) is 0 Å². The molecule has 0 spiro atoms. The molecule has 2 rings (SSSR count). The highest BCUT2D eigenvalue weighted by atomic mass is 16.6. The Morgan fingerprint density at radius 1 is 1.20 bits per heavy atom. The van der Waals surface area contributed by atoms with Gasteiger partial charge < -0.3 is 10.1 Å². The number of nitrogens with one attached hydrogen (secondary N) is 1. The average molecular weight is 211 g/mol. The Labute approximate surface area is 91.6 Å². The van der Waals surface area contributed by atoms with Crippen molar-refractivity contribution in [3.8, 4) is 0 Å². The second-order valence-electron chi connectivity index (χ2n) is 5.78. The summed E-state index contributed by atoms with van der Waals surface area (Å²) < 4.78 is 5.24. The molecule has 86 valence electrons. The number of hydrogen-bond donors (Lipinski definition) is 1. The van der Waals surface area contributed by atoms with Gasteiger partial charge in [-0.05, 0) is 45.4 Å². The lowest BCUT2D eigenvalue weighted by atomic mass is 10.0. The Hall–Kier alpha value is -0.730. The SMILES string of the molecule is CC(C)(C)OC(=O)NC1[C@H]2CCCC[C@@H]12. The van der Waals surface area contributed by atoms with Crippen LogP contribution in [0, 0.1) is 11.8 Å². The molecule has 0 bridgehead atoms. The first kappa shape index (κ1) is 10.8. The molecule has 0 saturated heterocycles. The second-order valence-corrected chi connectivity index (χ2v) is 5.78. The fourth-order valence-corrected chi connectivity index (χ4v) is 2.65. The highest BCUT2D eigenvalue weighted by Crippen LogP contribution is 2.49. The van der Waals surface area contributed by atoms with Gasteiger partial charge in [0.2, 0.25) is 0 Å². The van der Waals surface area contributed by atoms with Crippen molar-refractivity contribution in [2.45, 2.75) is 58.1 Å². The summed E-state index contributed by atoms with van der Waals surface area (Å²) >= 11 is 0. The van der Waals surface area contributed by atoms with Gasteiger partial charge in [0.05, 0.1) is 0 Å². The molecule has 2 aliphatic rings. The number of carbonyl (C=O) groups excluding carboxylic acids is 1. The normalized spacial score (nSPS) is 34.2. The zero-order chi connectivity index (χ0) is 11.1. The van der Waals surface area contributed by atoms with Gasteiger partial charge in [-0.1, -0.05) is 12.8 Å². The lowest BCUT2D eigenvalue weighted by Crippen LogP contribution is -2.34. The van der Waals surface area contributed by atoms with Crippen LogP contribution in [0.15, 0.2) is 0 Å². The van der Waals surface area contributed by atoms with E-state index in [4.69, 9.17) is 4.74 Å². The molecule has 3 atom stereocenters. The van der Waals surface area contributed by atoms with Gasteiger partial charge in [-0.3, -0.25) is 0 Å². The molecule has 0 radical (unpaired) electrons. The molecule has 0 aliphatic heterocycles. The van der Waals surface area contributed by atoms with E-state index in [1.54, 1.807) is 0 Å². The van der Waals surface area contributed by atoms with E-state index in [2.05, 4.69) is 5.32 Å². The minimum Gasteiger partial charge on any atom is -0.444 e. The van der Waals surface area contributed by atoms with Gasteiger partial charge in [0.25, 0.3) is 0 Å². The third-order valence-corrected chi connectivity index (χ3v) is 3.34. The summed E-state index contributed by atoms with van der Waals surface area (Å²) in [6.07, 6.45) is 4.97. The summed E-state index contributed by atoms with van der Waals surface area (Å²) in [6.45, 7) is 5.69. The summed E-state index contributed by atoms with van der Waals surface area (Å²) in [6, 6.07) is 0.405. The number of hydrogen-bond acceptors (Lipinski definition) is 2. The Kier molecular flexibility index (Phi) is 2.65. The molecule has 2 aliphatic carbocycles. The number of alkyl carbamates (subject to hydrolysis) is 1. The van der Waals surface area contributed by atoms with Crippen molar-refractivity contribution in [2.24, 2.45) is 11.8 Å². The molecule has 2 fully saturated rings. The maximum atomic E-state index is 11.5. The van der Waals surface area contributed by atoms with Crippen molar-refractivity contribution < 1.29 is 9.53 Å². The van der Waals surface area contributed by atoms with Gasteiger partial charge in [0, 0.05) is 6.04 Å². The van der Waals surface area contributed by atoms with Crippen LogP contribution in [0.2, 0.25) is 0 Å². The summed E-state index contributed by atoms with van der Waals surface area (Å²) in [7, 11) is 0. The van der Waals surface area contributed by atoms with Crippen molar-refractivity contribution in [2.75, 3.05) is 0 Å². The summed E-state index contributed by atoms with van der Waals surface area (Å²) in [5.74, 6) is 1.48. The van der Waals surface area contributed by atoms with Crippen molar-refractivity contribution >= 4 is 6.09 Å². The van der Waals surface area contributed by atoms with E-state index < -0.39 is 0 Å². The van der Waals surface area contributed by atoms with E-state index in [0.717, 1.165) is 11.8 Å². The molecule has 0 heterocycles. The quantitative estimate of drug-likeness (QED) is 0.724. The number of amides is 1. The van der Waals surface area contributed by atoms with Crippen LogP contribution < -0.4 is 5.32 Å². The number of carbonyl (C=O) groups is 1. The predicted molar refractivity (Wildman–Crippen MR) is 58.6 cm³/mol. The van der Waals surface area contributed by atoms with Crippen molar-refractivity contribution in [3.63, 3.8) is 0 Å². The molecule has 0 aromatic heterocycles. The first-order valence-electron chi connectivity index (χ1n) is 5.97. The maximum absolute atomic E-state index is 11.5. The molecule has 3 heteroatoms. The zero-order valence-corrected chi connectivity index (χ0v) is 9.88. The van der Waals surface area contributed by atoms with Gasteiger partial charge >= 0.3 is 6.09 Å². The van der Waals surface area contributed by atoms with Gasteiger partial charge in [-0.2, -0.15) is 0 Å². The molecular formula is C12H21NO2. The average Bonchev–Trinajstić information content (AvgIpc) is 2.76. The third-order valence-electron chi connectivity index (χ3n) is 3.34. The van der Waals surface area contributed by atoms with Crippen LogP contribution in [0.4, 0.5) is 4.79 Å². The van der Waals surface area contributed by atoms with Crippen LogP contribution in [0.1, 0.15) is 46.5 Å². The molecule has 3 nitrogen and oxygen atoms in total. The van der Waals surface area contributed by atoms with Crippen LogP contribution in [-0.2, 0) is 4.74 Å². The van der Waals surface area contributed by atoms with Crippen LogP contribution in [0.5, 0.6) is 0 Å². The fraction of sp³-hybridized carbons (Fsp3) is 0.917. The van der Waals surface area contributed by atoms with E-state index in [1.165, 1.54) is 25.7 Å². The standard InChI is InChI=1S/C12H21NO2/c1-12(2,3)15-11(14)13-10-8-6-4-5-7-9(8)10/h8-10H,4-7H2,1-3H3,(H,13,14)/t8-,9+,10?. The van der Waals surface area contributed by atoms with Gasteiger partial charge in [0.15, 0.2) is 0 Å². The molecule has 1 amide bonds. The Balaban J connectivity index is 1.76. The lowest BCUT2D eigenvalue weighted by Gasteiger charge is -2.19. The molecule has 2 saturated carbocycles. The van der Waals surface area contributed by atoms with Crippen LogP contribution >= 0.6 is 0 Å². The molecular weight excluding hydrogens is 190 g/mol. The monoisotopic (exact) mass is 211 g/mol. The summed E-state index contributed by atoms with van der Waals surface area (Å²) in [4.78, 5) is 11.5. The molecule has 0 aromatic rings. The van der Waals surface area contributed by atoms with E-state index >= 15 is 0 Å². The van der Waals surface area contributed by atoms with Gasteiger partial charge in [-0.15, -0.1) is 0 Å². The third kappa shape index (κ3) is 2.64. The molecule has 1 N–H and O–H groups in total. The van der Waals surface area contributed by atoms with Crippen LogP contribution in [-0.4, -0.2) is 17.7 Å². The first-order valence-corrected chi connectivity index (χ1v) is 5.97. The van der Waals surface area contributed by atoms with Crippen LogP contribution in [0.3, 0.4) is 0 Å². The van der Waals surface area contributed by atoms with Gasteiger partial charge in [0.1, 0.15) is 5.60 Å². The highest BCUT2D eigenvalue weighted by molar-refractivity contribution is 5.68. The molecule has 15 heavy (non-hydrogen) atoms. The van der Waals surface area contributed by atoms with E-state index in [0.29, 0.717) is 6.04 Å². The summed E-state index contributed by atoms with van der Waals surface area (Å²) in [5.41, 5.74) is -0.385. The first-order chi connectivity index (χ1) is 6.97.